The quantitative estimate of drug-likeness (QED) is 0.759. The van der Waals surface area contributed by atoms with Crippen LogP contribution < -0.4 is 5.32 Å². The second-order valence-electron chi connectivity index (χ2n) is 4.51. The molecule has 0 fully saturated rings. The number of nitrogens with zero attached hydrogens (tertiary/aromatic N) is 3. The van der Waals surface area contributed by atoms with Crippen LogP contribution in [0.1, 0.15) is 5.56 Å². The molecule has 3 rings (SSSR count). The Morgan fingerprint density at radius 1 is 1.00 bits per heavy atom. The number of tetrazole rings is 1. The van der Waals surface area contributed by atoms with Crippen molar-refractivity contribution in [1.29, 1.82) is 0 Å². The van der Waals surface area contributed by atoms with E-state index in [1.165, 1.54) is 5.56 Å². The van der Waals surface area contributed by atoms with Gasteiger partial charge in [0.15, 0.2) is 0 Å². The van der Waals surface area contributed by atoms with E-state index in [1.807, 2.05) is 25.2 Å². The van der Waals surface area contributed by atoms with Gasteiger partial charge in [0.25, 0.3) is 0 Å². The van der Waals surface area contributed by atoms with E-state index < -0.39 is 0 Å². The lowest BCUT2D eigenvalue weighted by Crippen LogP contribution is -2.04. The molecule has 20 heavy (non-hydrogen) atoms. The molecule has 0 saturated heterocycles. The molecule has 100 valence electrons. The summed E-state index contributed by atoms with van der Waals surface area (Å²) < 4.78 is 0. The molecule has 0 radical (unpaired) electrons. The first-order valence-corrected chi connectivity index (χ1v) is 6.45. The van der Waals surface area contributed by atoms with Gasteiger partial charge in [0.05, 0.1) is 0 Å². The summed E-state index contributed by atoms with van der Waals surface area (Å²) in [5.74, 6) is 0.611. The van der Waals surface area contributed by atoms with E-state index in [1.54, 1.807) is 0 Å². The topological polar surface area (TPSA) is 66.5 Å². The SMILES string of the molecule is CNCc1ccc(-c2ccccc2-c2nn[nH]n2)cc1. The van der Waals surface area contributed by atoms with Crippen LogP contribution >= 0.6 is 0 Å². The summed E-state index contributed by atoms with van der Waals surface area (Å²) in [6, 6.07) is 16.5. The van der Waals surface area contributed by atoms with Gasteiger partial charge in [0.2, 0.25) is 5.82 Å². The second kappa shape index (κ2) is 5.63. The van der Waals surface area contributed by atoms with E-state index in [2.05, 4.69) is 56.3 Å². The highest BCUT2D eigenvalue weighted by atomic mass is 15.5. The fourth-order valence-corrected chi connectivity index (χ4v) is 2.21. The van der Waals surface area contributed by atoms with Crippen LogP contribution in [-0.2, 0) is 6.54 Å². The molecule has 0 aliphatic heterocycles. The zero-order chi connectivity index (χ0) is 13.8. The van der Waals surface area contributed by atoms with Crippen LogP contribution in [0.25, 0.3) is 22.5 Å². The highest BCUT2D eigenvalue weighted by molar-refractivity contribution is 5.80. The Morgan fingerprint density at radius 3 is 2.40 bits per heavy atom. The Kier molecular flexibility index (Phi) is 3.52. The number of hydrogen-bond acceptors (Lipinski definition) is 4. The zero-order valence-electron chi connectivity index (χ0n) is 11.2. The van der Waals surface area contributed by atoms with Gasteiger partial charge in [-0.1, -0.05) is 48.5 Å². The third-order valence-corrected chi connectivity index (χ3v) is 3.16. The van der Waals surface area contributed by atoms with Crippen molar-refractivity contribution in [3.05, 3.63) is 54.1 Å². The summed E-state index contributed by atoms with van der Waals surface area (Å²) in [5, 5.41) is 17.4. The molecule has 0 aliphatic rings. The van der Waals surface area contributed by atoms with Crippen LogP contribution in [0.4, 0.5) is 0 Å². The maximum absolute atomic E-state index is 4.06. The van der Waals surface area contributed by atoms with E-state index in [0.29, 0.717) is 5.82 Å². The summed E-state index contributed by atoms with van der Waals surface area (Å²) >= 11 is 0. The standard InChI is InChI=1S/C15H15N5/c1-16-10-11-6-8-12(9-7-11)13-4-2-3-5-14(13)15-17-19-20-18-15/h2-9,16H,10H2,1H3,(H,17,18,19,20). The first kappa shape index (κ1) is 12.5. The van der Waals surface area contributed by atoms with Gasteiger partial charge in [0, 0.05) is 12.1 Å². The smallest absolute Gasteiger partial charge is 0.205 e. The van der Waals surface area contributed by atoms with Gasteiger partial charge in [-0.2, -0.15) is 5.21 Å². The van der Waals surface area contributed by atoms with Gasteiger partial charge in [0.1, 0.15) is 0 Å². The van der Waals surface area contributed by atoms with Crippen molar-refractivity contribution < 1.29 is 0 Å². The minimum atomic E-state index is 0.611. The van der Waals surface area contributed by atoms with E-state index in [0.717, 1.165) is 23.2 Å². The molecule has 0 amide bonds. The van der Waals surface area contributed by atoms with Crippen molar-refractivity contribution in [3.8, 4) is 22.5 Å². The average Bonchev–Trinajstić information content (AvgIpc) is 3.03. The Labute approximate surface area is 117 Å². The third-order valence-electron chi connectivity index (χ3n) is 3.16. The number of benzene rings is 2. The molecule has 0 unspecified atom stereocenters. The number of hydrogen-bond donors (Lipinski definition) is 2. The van der Waals surface area contributed by atoms with Crippen molar-refractivity contribution in [2.75, 3.05) is 7.05 Å². The van der Waals surface area contributed by atoms with Crippen LogP contribution in [0.3, 0.4) is 0 Å². The number of aromatic nitrogens is 4. The van der Waals surface area contributed by atoms with Crippen molar-refractivity contribution in [3.63, 3.8) is 0 Å². The molecular formula is C15H15N5. The number of aromatic amines is 1. The molecular weight excluding hydrogens is 250 g/mol. The van der Waals surface area contributed by atoms with E-state index in [-0.39, 0.29) is 0 Å². The summed E-state index contributed by atoms with van der Waals surface area (Å²) in [4.78, 5) is 0. The van der Waals surface area contributed by atoms with Gasteiger partial charge >= 0.3 is 0 Å². The van der Waals surface area contributed by atoms with Crippen molar-refractivity contribution in [2.45, 2.75) is 6.54 Å². The minimum absolute atomic E-state index is 0.611. The average molecular weight is 265 g/mol. The van der Waals surface area contributed by atoms with Crippen molar-refractivity contribution in [2.24, 2.45) is 0 Å². The lowest BCUT2D eigenvalue weighted by atomic mass is 9.98. The van der Waals surface area contributed by atoms with Crippen molar-refractivity contribution >= 4 is 0 Å². The first-order valence-electron chi connectivity index (χ1n) is 6.45. The molecule has 0 spiro atoms. The van der Waals surface area contributed by atoms with Crippen molar-refractivity contribution in [1.82, 2.24) is 25.9 Å². The molecule has 5 heteroatoms. The van der Waals surface area contributed by atoms with Crippen LogP contribution in [-0.4, -0.2) is 27.7 Å². The highest BCUT2D eigenvalue weighted by Crippen LogP contribution is 2.29. The predicted molar refractivity (Wildman–Crippen MR) is 77.8 cm³/mol. The molecule has 0 aliphatic carbocycles. The minimum Gasteiger partial charge on any atom is -0.316 e. The molecule has 0 saturated carbocycles. The Morgan fingerprint density at radius 2 is 1.75 bits per heavy atom. The molecule has 2 aromatic carbocycles. The van der Waals surface area contributed by atoms with E-state index in [4.69, 9.17) is 0 Å². The molecule has 0 bridgehead atoms. The largest absolute Gasteiger partial charge is 0.316 e. The lowest BCUT2D eigenvalue weighted by Gasteiger charge is -2.07. The van der Waals surface area contributed by atoms with Crippen LogP contribution in [0.15, 0.2) is 48.5 Å². The normalized spacial score (nSPS) is 10.7. The maximum atomic E-state index is 4.06. The van der Waals surface area contributed by atoms with Gasteiger partial charge < -0.3 is 5.32 Å². The Hall–Kier alpha value is -2.53. The first-order chi connectivity index (χ1) is 9.88. The predicted octanol–water partition coefficient (Wildman–Crippen LogP) is 2.25. The fraction of sp³-hybridized carbons (Fsp3) is 0.133. The Balaban J connectivity index is 2.02. The van der Waals surface area contributed by atoms with E-state index in [9.17, 15) is 0 Å². The van der Waals surface area contributed by atoms with E-state index >= 15 is 0 Å². The van der Waals surface area contributed by atoms with Gasteiger partial charge in [-0.3, -0.25) is 0 Å². The second-order valence-corrected chi connectivity index (χ2v) is 4.51. The molecule has 3 aromatic rings. The Bertz CT molecular complexity index is 674. The van der Waals surface area contributed by atoms with Gasteiger partial charge in [-0.05, 0) is 29.0 Å². The highest BCUT2D eigenvalue weighted by Gasteiger charge is 2.10. The van der Waals surface area contributed by atoms with Crippen LogP contribution in [0, 0.1) is 0 Å². The lowest BCUT2D eigenvalue weighted by molar-refractivity contribution is 0.818. The summed E-state index contributed by atoms with van der Waals surface area (Å²) in [6.45, 7) is 0.868. The summed E-state index contributed by atoms with van der Waals surface area (Å²) in [5.41, 5.74) is 4.48. The molecule has 1 aromatic heterocycles. The molecule has 1 heterocycles. The third kappa shape index (κ3) is 2.44. The molecule has 5 nitrogen and oxygen atoms in total. The van der Waals surface area contributed by atoms with Crippen LogP contribution in [0.5, 0.6) is 0 Å². The summed E-state index contributed by atoms with van der Waals surface area (Å²) in [7, 11) is 1.94. The van der Waals surface area contributed by atoms with Gasteiger partial charge in [-0.15, -0.1) is 10.2 Å². The number of nitrogens with one attached hydrogen (secondary N) is 2. The maximum Gasteiger partial charge on any atom is 0.205 e. The number of H-pyrrole nitrogens is 1. The summed E-state index contributed by atoms with van der Waals surface area (Å²) in [6.07, 6.45) is 0. The monoisotopic (exact) mass is 265 g/mol. The number of rotatable bonds is 4. The fourth-order valence-electron chi connectivity index (χ4n) is 2.21. The van der Waals surface area contributed by atoms with Crippen LogP contribution in [0.2, 0.25) is 0 Å². The van der Waals surface area contributed by atoms with Gasteiger partial charge in [-0.25, -0.2) is 0 Å². The zero-order valence-corrected chi connectivity index (χ0v) is 11.2. The molecule has 2 N–H and O–H groups in total. The molecule has 0 atom stereocenters.